The molecule has 3 nitrogen and oxygen atoms in total. The fraction of sp³-hybridized carbons (Fsp3) is 0.214. The Morgan fingerprint density at radius 1 is 1.28 bits per heavy atom. The van der Waals surface area contributed by atoms with E-state index in [1.54, 1.807) is 25.1 Å². The van der Waals surface area contributed by atoms with Gasteiger partial charge in [-0.05, 0) is 29.8 Å². The molecule has 0 bridgehead atoms. The standard InChI is InChI=1S/C14H16N2OS/c1-17-12-5-2-6-13(8-12)18-10-11-4-3-7-16-14(11)9-15/h2-8H,9-10,15H2,1H3. The van der Waals surface area contributed by atoms with Crippen molar-refractivity contribution in [1.29, 1.82) is 0 Å². The first-order valence-electron chi connectivity index (χ1n) is 5.73. The Kier molecular flexibility index (Phi) is 4.61. The van der Waals surface area contributed by atoms with Crippen LogP contribution in [0.15, 0.2) is 47.5 Å². The van der Waals surface area contributed by atoms with Gasteiger partial charge in [0.25, 0.3) is 0 Å². The molecule has 0 unspecified atom stereocenters. The molecule has 0 spiro atoms. The van der Waals surface area contributed by atoms with Gasteiger partial charge < -0.3 is 10.5 Å². The molecule has 1 heterocycles. The molecular weight excluding hydrogens is 244 g/mol. The van der Waals surface area contributed by atoms with E-state index in [2.05, 4.69) is 17.1 Å². The van der Waals surface area contributed by atoms with E-state index in [1.807, 2.05) is 24.3 Å². The Hall–Kier alpha value is -1.52. The summed E-state index contributed by atoms with van der Waals surface area (Å²) in [6.45, 7) is 0.481. The van der Waals surface area contributed by atoms with Gasteiger partial charge in [0.05, 0.1) is 12.8 Å². The lowest BCUT2D eigenvalue weighted by atomic mass is 10.2. The van der Waals surface area contributed by atoms with E-state index in [4.69, 9.17) is 10.5 Å². The molecule has 0 radical (unpaired) electrons. The highest BCUT2D eigenvalue weighted by atomic mass is 32.2. The Balaban J connectivity index is 2.06. The van der Waals surface area contributed by atoms with Crippen molar-refractivity contribution in [1.82, 2.24) is 4.98 Å². The van der Waals surface area contributed by atoms with Crippen LogP contribution < -0.4 is 10.5 Å². The second-order valence-corrected chi connectivity index (χ2v) is 4.83. The summed E-state index contributed by atoms with van der Waals surface area (Å²) in [6.07, 6.45) is 1.78. The number of rotatable bonds is 5. The van der Waals surface area contributed by atoms with Crippen molar-refractivity contribution in [2.75, 3.05) is 7.11 Å². The molecule has 94 valence electrons. The molecule has 0 atom stereocenters. The normalized spacial score (nSPS) is 10.3. The van der Waals surface area contributed by atoms with Gasteiger partial charge in [0.1, 0.15) is 5.75 Å². The number of hydrogen-bond donors (Lipinski definition) is 1. The van der Waals surface area contributed by atoms with Gasteiger partial charge in [-0.25, -0.2) is 0 Å². The van der Waals surface area contributed by atoms with Crippen molar-refractivity contribution in [3.63, 3.8) is 0 Å². The molecule has 0 aliphatic rings. The average molecular weight is 260 g/mol. The average Bonchev–Trinajstić information content (AvgIpc) is 2.45. The van der Waals surface area contributed by atoms with Crippen LogP contribution in [0.4, 0.5) is 0 Å². The van der Waals surface area contributed by atoms with Crippen LogP contribution in [0.5, 0.6) is 5.75 Å². The summed E-state index contributed by atoms with van der Waals surface area (Å²) in [5, 5.41) is 0. The molecule has 0 fully saturated rings. The van der Waals surface area contributed by atoms with Gasteiger partial charge in [-0.1, -0.05) is 12.1 Å². The van der Waals surface area contributed by atoms with Crippen LogP contribution in [0.2, 0.25) is 0 Å². The number of aromatic nitrogens is 1. The van der Waals surface area contributed by atoms with E-state index in [0.717, 1.165) is 17.2 Å². The van der Waals surface area contributed by atoms with E-state index >= 15 is 0 Å². The minimum absolute atomic E-state index is 0.481. The van der Waals surface area contributed by atoms with Crippen LogP contribution in [0, 0.1) is 0 Å². The number of nitrogens with zero attached hydrogens (tertiary/aromatic N) is 1. The second kappa shape index (κ2) is 6.42. The largest absolute Gasteiger partial charge is 0.497 e. The Morgan fingerprint density at radius 2 is 2.17 bits per heavy atom. The van der Waals surface area contributed by atoms with Crippen LogP contribution in [0.3, 0.4) is 0 Å². The molecule has 2 N–H and O–H groups in total. The van der Waals surface area contributed by atoms with E-state index < -0.39 is 0 Å². The first-order chi connectivity index (χ1) is 8.83. The van der Waals surface area contributed by atoms with Crippen LogP contribution in [0.1, 0.15) is 11.3 Å². The van der Waals surface area contributed by atoms with Gasteiger partial charge in [-0.3, -0.25) is 4.98 Å². The maximum absolute atomic E-state index is 5.67. The van der Waals surface area contributed by atoms with Gasteiger partial charge in [0, 0.05) is 23.4 Å². The van der Waals surface area contributed by atoms with Crippen molar-refractivity contribution in [3.8, 4) is 5.75 Å². The van der Waals surface area contributed by atoms with Crippen molar-refractivity contribution in [3.05, 3.63) is 53.9 Å². The first kappa shape index (κ1) is 12.9. The Bertz CT molecular complexity index is 517. The molecule has 0 aliphatic heterocycles. The number of ether oxygens (including phenoxy) is 1. The summed E-state index contributed by atoms with van der Waals surface area (Å²) in [6, 6.07) is 12.1. The third-order valence-electron chi connectivity index (χ3n) is 2.61. The second-order valence-electron chi connectivity index (χ2n) is 3.78. The predicted molar refractivity (Wildman–Crippen MR) is 74.7 cm³/mol. The molecule has 2 aromatic rings. The summed E-state index contributed by atoms with van der Waals surface area (Å²) in [7, 11) is 1.68. The highest BCUT2D eigenvalue weighted by Gasteiger charge is 2.03. The van der Waals surface area contributed by atoms with Crippen LogP contribution in [0.25, 0.3) is 0 Å². The molecule has 1 aromatic carbocycles. The lowest BCUT2D eigenvalue weighted by molar-refractivity contribution is 0.413. The number of pyridine rings is 1. The topological polar surface area (TPSA) is 48.1 Å². The van der Waals surface area contributed by atoms with Gasteiger partial charge in [0.15, 0.2) is 0 Å². The van der Waals surface area contributed by atoms with Gasteiger partial charge in [-0.2, -0.15) is 0 Å². The minimum atomic E-state index is 0.481. The number of benzene rings is 1. The molecule has 4 heteroatoms. The zero-order valence-electron chi connectivity index (χ0n) is 10.3. The summed E-state index contributed by atoms with van der Waals surface area (Å²) < 4.78 is 5.21. The fourth-order valence-electron chi connectivity index (χ4n) is 1.64. The number of methoxy groups -OCH3 is 1. The number of nitrogens with two attached hydrogens (primary N) is 1. The molecular formula is C14H16N2OS. The molecule has 0 saturated carbocycles. The van der Waals surface area contributed by atoms with Gasteiger partial charge in [-0.15, -0.1) is 11.8 Å². The van der Waals surface area contributed by atoms with E-state index in [-0.39, 0.29) is 0 Å². The van der Waals surface area contributed by atoms with Crippen molar-refractivity contribution in [2.24, 2.45) is 5.73 Å². The summed E-state index contributed by atoms with van der Waals surface area (Å²) in [5.74, 6) is 1.75. The zero-order valence-corrected chi connectivity index (χ0v) is 11.1. The molecule has 1 aromatic heterocycles. The summed E-state index contributed by atoms with van der Waals surface area (Å²) in [5.41, 5.74) is 7.83. The predicted octanol–water partition coefficient (Wildman–Crippen LogP) is 2.84. The highest BCUT2D eigenvalue weighted by Crippen LogP contribution is 2.26. The van der Waals surface area contributed by atoms with Crippen molar-refractivity contribution >= 4 is 11.8 Å². The van der Waals surface area contributed by atoms with Crippen LogP contribution in [-0.2, 0) is 12.3 Å². The Labute approximate surface area is 111 Å². The fourth-order valence-corrected chi connectivity index (χ4v) is 2.60. The van der Waals surface area contributed by atoms with E-state index in [9.17, 15) is 0 Å². The molecule has 2 rings (SSSR count). The summed E-state index contributed by atoms with van der Waals surface area (Å²) in [4.78, 5) is 5.46. The quantitative estimate of drug-likeness (QED) is 0.840. The van der Waals surface area contributed by atoms with Crippen LogP contribution >= 0.6 is 11.8 Å². The number of thioether (sulfide) groups is 1. The third-order valence-corrected chi connectivity index (χ3v) is 3.66. The minimum Gasteiger partial charge on any atom is -0.497 e. The molecule has 0 saturated heterocycles. The highest BCUT2D eigenvalue weighted by molar-refractivity contribution is 7.98. The van der Waals surface area contributed by atoms with Gasteiger partial charge >= 0.3 is 0 Å². The van der Waals surface area contributed by atoms with E-state index in [0.29, 0.717) is 6.54 Å². The lowest BCUT2D eigenvalue weighted by Gasteiger charge is -2.07. The lowest BCUT2D eigenvalue weighted by Crippen LogP contribution is -2.03. The molecule has 0 amide bonds. The SMILES string of the molecule is COc1cccc(SCc2cccnc2CN)c1. The smallest absolute Gasteiger partial charge is 0.119 e. The maximum Gasteiger partial charge on any atom is 0.119 e. The van der Waals surface area contributed by atoms with E-state index in [1.165, 1.54) is 10.5 Å². The molecule has 18 heavy (non-hydrogen) atoms. The monoisotopic (exact) mass is 260 g/mol. The zero-order chi connectivity index (χ0) is 12.8. The summed E-state index contributed by atoms with van der Waals surface area (Å²) >= 11 is 1.76. The van der Waals surface area contributed by atoms with Crippen molar-refractivity contribution < 1.29 is 4.74 Å². The Morgan fingerprint density at radius 3 is 2.94 bits per heavy atom. The number of hydrogen-bond acceptors (Lipinski definition) is 4. The first-order valence-corrected chi connectivity index (χ1v) is 6.71. The van der Waals surface area contributed by atoms with Gasteiger partial charge in [0.2, 0.25) is 0 Å². The maximum atomic E-state index is 5.67. The third kappa shape index (κ3) is 3.24. The van der Waals surface area contributed by atoms with Crippen LogP contribution in [-0.4, -0.2) is 12.1 Å². The molecule has 0 aliphatic carbocycles. The van der Waals surface area contributed by atoms with Crippen molar-refractivity contribution in [2.45, 2.75) is 17.2 Å².